The van der Waals surface area contributed by atoms with Gasteiger partial charge in [0.1, 0.15) is 0 Å². The summed E-state index contributed by atoms with van der Waals surface area (Å²) in [7, 11) is 0. The minimum absolute atomic E-state index is 0.146. The number of hydrogen-bond acceptors (Lipinski definition) is 2. The summed E-state index contributed by atoms with van der Waals surface area (Å²) in [6, 6.07) is 0. The summed E-state index contributed by atoms with van der Waals surface area (Å²) in [5, 5.41) is 17.9. The Balaban J connectivity index is 3.51. The van der Waals surface area contributed by atoms with Crippen LogP contribution in [0.4, 0.5) is 0 Å². The van der Waals surface area contributed by atoms with Gasteiger partial charge < -0.3 is 10.2 Å². The highest BCUT2D eigenvalue weighted by molar-refractivity contribution is 4.82. The van der Waals surface area contributed by atoms with E-state index in [-0.39, 0.29) is 6.61 Å². The number of hydrogen-bond donors (Lipinski definition) is 2. The fourth-order valence-corrected chi connectivity index (χ4v) is 0.873. The summed E-state index contributed by atoms with van der Waals surface area (Å²) in [5.74, 6) is 0. The van der Waals surface area contributed by atoms with Crippen LogP contribution in [0.5, 0.6) is 0 Å². The lowest BCUT2D eigenvalue weighted by atomic mass is 9.97. The molecule has 0 unspecified atom stereocenters. The average Bonchev–Trinajstić information content (AvgIpc) is 1.84. The maximum absolute atomic E-state index is 9.46. The van der Waals surface area contributed by atoms with E-state index >= 15 is 0 Å². The zero-order valence-corrected chi connectivity index (χ0v) is 6.51. The zero-order valence-electron chi connectivity index (χ0n) is 6.51. The number of aliphatic hydroxyl groups is 2. The molecule has 0 aromatic rings. The monoisotopic (exact) mass is 144 g/mol. The molecule has 2 N–H and O–H groups in total. The van der Waals surface area contributed by atoms with Gasteiger partial charge in [-0.05, 0) is 26.2 Å². The lowest BCUT2D eigenvalue weighted by Gasteiger charge is -2.20. The fourth-order valence-electron chi connectivity index (χ4n) is 0.873. The molecule has 0 aromatic carbocycles. The summed E-state index contributed by atoms with van der Waals surface area (Å²) in [6.45, 7) is 5.43. The van der Waals surface area contributed by atoms with E-state index in [1.807, 2.05) is 0 Å². The summed E-state index contributed by atoms with van der Waals surface area (Å²) < 4.78 is 0. The van der Waals surface area contributed by atoms with Crippen LogP contribution in [-0.2, 0) is 0 Å². The molecule has 0 aliphatic rings. The molecule has 0 amide bonds. The molecule has 60 valence electrons. The quantitative estimate of drug-likeness (QED) is 0.567. The van der Waals surface area contributed by atoms with Crippen LogP contribution in [0.3, 0.4) is 0 Å². The Labute approximate surface area is 62.2 Å². The van der Waals surface area contributed by atoms with Crippen molar-refractivity contribution in [3.05, 3.63) is 12.7 Å². The van der Waals surface area contributed by atoms with Gasteiger partial charge in [-0.25, -0.2) is 0 Å². The largest absolute Gasteiger partial charge is 0.396 e. The third-order valence-electron chi connectivity index (χ3n) is 1.46. The molecule has 2 nitrogen and oxygen atoms in total. The van der Waals surface area contributed by atoms with Gasteiger partial charge in [0.05, 0.1) is 5.60 Å². The van der Waals surface area contributed by atoms with Gasteiger partial charge in [-0.3, -0.25) is 0 Å². The summed E-state index contributed by atoms with van der Waals surface area (Å²) in [6.07, 6.45) is 3.57. The molecule has 0 aliphatic heterocycles. The van der Waals surface area contributed by atoms with Gasteiger partial charge in [0.2, 0.25) is 0 Å². The Morgan fingerprint density at radius 2 is 2.20 bits per heavy atom. The smallest absolute Gasteiger partial charge is 0.0654 e. The normalized spacial score (nSPS) is 16.3. The predicted octanol–water partition coefficient (Wildman–Crippen LogP) is 1.09. The van der Waals surface area contributed by atoms with Crippen molar-refractivity contribution in [1.82, 2.24) is 0 Å². The molecule has 0 heterocycles. The highest BCUT2D eigenvalue weighted by Crippen LogP contribution is 2.15. The van der Waals surface area contributed by atoms with Crippen molar-refractivity contribution in [2.24, 2.45) is 0 Å². The highest BCUT2D eigenvalue weighted by atomic mass is 16.3. The van der Waals surface area contributed by atoms with Crippen molar-refractivity contribution >= 4 is 0 Å². The van der Waals surface area contributed by atoms with Crippen molar-refractivity contribution in [3.8, 4) is 0 Å². The third-order valence-corrected chi connectivity index (χ3v) is 1.46. The molecule has 0 rings (SSSR count). The first kappa shape index (κ1) is 9.66. The summed E-state index contributed by atoms with van der Waals surface area (Å²) in [5.41, 5.74) is -0.676. The SMILES string of the molecule is C=CC[C@@](C)(O)CCCO. The van der Waals surface area contributed by atoms with Crippen LogP contribution in [-0.4, -0.2) is 22.4 Å². The maximum atomic E-state index is 9.46. The van der Waals surface area contributed by atoms with Crippen molar-refractivity contribution in [3.63, 3.8) is 0 Å². The van der Waals surface area contributed by atoms with E-state index in [4.69, 9.17) is 5.11 Å². The topological polar surface area (TPSA) is 40.5 Å². The zero-order chi connectivity index (χ0) is 8.04. The van der Waals surface area contributed by atoms with Gasteiger partial charge in [0.25, 0.3) is 0 Å². The van der Waals surface area contributed by atoms with Gasteiger partial charge in [0, 0.05) is 6.61 Å². The first-order chi connectivity index (χ1) is 4.62. The van der Waals surface area contributed by atoms with Crippen molar-refractivity contribution in [2.45, 2.75) is 31.8 Å². The third kappa shape index (κ3) is 4.53. The van der Waals surface area contributed by atoms with Crippen LogP contribution in [0, 0.1) is 0 Å². The van der Waals surface area contributed by atoms with E-state index in [2.05, 4.69) is 6.58 Å². The van der Waals surface area contributed by atoms with E-state index in [0.717, 1.165) is 0 Å². The molecular weight excluding hydrogens is 128 g/mol. The van der Waals surface area contributed by atoms with Gasteiger partial charge in [0.15, 0.2) is 0 Å². The second kappa shape index (κ2) is 4.47. The standard InChI is InChI=1S/C8H16O2/c1-3-5-8(2,10)6-4-7-9/h3,9-10H,1,4-7H2,2H3/t8-/m1/s1. The maximum Gasteiger partial charge on any atom is 0.0654 e. The minimum Gasteiger partial charge on any atom is -0.396 e. The lowest BCUT2D eigenvalue weighted by molar-refractivity contribution is 0.0467. The van der Waals surface area contributed by atoms with Gasteiger partial charge in [-0.15, -0.1) is 6.58 Å². The Morgan fingerprint density at radius 3 is 2.60 bits per heavy atom. The molecule has 0 saturated carbocycles. The molecule has 0 saturated heterocycles. The minimum atomic E-state index is -0.676. The molecule has 0 fully saturated rings. The van der Waals surface area contributed by atoms with Crippen LogP contribution in [0.25, 0.3) is 0 Å². The Morgan fingerprint density at radius 1 is 1.60 bits per heavy atom. The van der Waals surface area contributed by atoms with Crippen LogP contribution < -0.4 is 0 Å². The molecule has 0 bridgehead atoms. The molecule has 0 aliphatic carbocycles. The Kier molecular flexibility index (Phi) is 4.32. The number of aliphatic hydroxyl groups excluding tert-OH is 1. The van der Waals surface area contributed by atoms with Crippen LogP contribution in [0.15, 0.2) is 12.7 Å². The van der Waals surface area contributed by atoms with E-state index in [1.165, 1.54) is 0 Å². The molecule has 1 atom stereocenters. The molecular formula is C8H16O2. The highest BCUT2D eigenvalue weighted by Gasteiger charge is 2.16. The Hall–Kier alpha value is -0.340. The van der Waals surface area contributed by atoms with Crippen molar-refractivity contribution in [2.75, 3.05) is 6.61 Å². The lowest BCUT2D eigenvalue weighted by Crippen LogP contribution is -2.23. The van der Waals surface area contributed by atoms with Crippen LogP contribution in [0.1, 0.15) is 26.2 Å². The molecule has 0 aromatic heterocycles. The Bertz CT molecular complexity index is 97.4. The second-order valence-electron chi connectivity index (χ2n) is 2.82. The van der Waals surface area contributed by atoms with Gasteiger partial charge in [-0.2, -0.15) is 0 Å². The van der Waals surface area contributed by atoms with Gasteiger partial charge in [-0.1, -0.05) is 6.08 Å². The van der Waals surface area contributed by atoms with Gasteiger partial charge >= 0.3 is 0 Å². The fraction of sp³-hybridized carbons (Fsp3) is 0.750. The van der Waals surface area contributed by atoms with E-state index in [0.29, 0.717) is 19.3 Å². The first-order valence-electron chi connectivity index (χ1n) is 3.56. The average molecular weight is 144 g/mol. The van der Waals surface area contributed by atoms with E-state index in [1.54, 1.807) is 13.0 Å². The van der Waals surface area contributed by atoms with Crippen molar-refractivity contribution in [1.29, 1.82) is 0 Å². The van der Waals surface area contributed by atoms with E-state index < -0.39 is 5.60 Å². The molecule has 0 spiro atoms. The summed E-state index contributed by atoms with van der Waals surface area (Å²) in [4.78, 5) is 0. The molecule has 0 radical (unpaired) electrons. The van der Waals surface area contributed by atoms with Crippen molar-refractivity contribution < 1.29 is 10.2 Å². The second-order valence-corrected chi connectivity index (χ2v) is 2.82. The van der Waals surface area contributed by atoms with E-state index in [9.17, 15) is 5.11 Å². The molecule has 2 heteroatoms. The summed E-state index contributed by atoms with van der Waals surface area (Å²) >= 11 is 0. The first-order valence-corrected chi connectivity index (χ1v) is 3.56. The van der Waals surface area contributed by atoms with Crippen LogP contribution >= 0.6 is 0 Å². The molecule has 10 heavy (non-hydrogen) atoms. The van der Waals surface area contributed by atoms with Crippen LogP contribution in [0.2, 0.25) is 0 Å². The predicted molar refractivity (Wildman–Crippen MR) is 41.8 cm³/mol. The number of rotatable bonds is 5.